The molecule has 1 heterocycles. The Morgan fingerprint density at radius 2 is 1.50 bits per heavy atom. The molecule has 0 saturated heterocycles. The van der Waals surface area contributed by atoms with E-state index >= 15 is 0 Å². The van der Waals surface area contributed by atoms with Crippen LogP contribution in [0.25, 0.3) is 11.1 Å². The largest absolute Gasteiger partial charge is 0.497 e. The molecule has 0 radical (unpaired) electrons. The summed E-state index contributed by atoms with van der Waals surface area (Å²) in [6.07, 6.45) is 0. The summed E-state index contributed by atoms with van der Waals surface area (Å²) in [6.45, 7) is 0. The maximum absolute atomic E-state index is 12.0. The Balaban J connectivity index is 2.63. The van der Waals surface area contributed by atoms with Gasteiger partial charge in [-0.25, -0.2) is 9.59 Å². The van der Waals surface area contributed by atoms with Gasteiger partial charge in [-0.05, 0) is 40.3 Å². The predicted molar refractivity (Wildman–Crippen MR) is 88.2 cm³/mol. The van der Waals surface area contributed by atoms with Crippen LogP contribution < -0.4 is 4.74 Å². The van der Waals surface area contributed by atoms with Crippen molar-refractivity contribution in [2.75, 3.05) is 21.3 Å². The molecule has 0 aliphatic rings. The van der Waals surface area contributed by atoms with Crippen LogP contribution in [0.2, 0.25) is 0 Å². The van der Waals surface area contributed by atoms with Crippen molar-refractivity contribution in [3.8, 4) is 16.9 Å². The number of carbonyl (C=O) groups excluding carboxylic acids is 2. The van der Waals surface area contributed by atoms with Crippen molar-refractivity contribution >= 4 is 34.5 Å². The summed E-state index contributed by atoms with van der Waals surface area (Å²) < 4.78 is 15.2. The van der Waals surface area contributed by atoms with Gasteiger partial charge in [0.05, 0.1) is 24.9 Å². The molecule has 1 aromatic heterocycles. The highest BCUT2D eigenvalue weighted by atomic mass is 127. The average molecular weight is 415 g/mol. The van der Waals surface area contributed by atoms with E-state index in [1.165, 1.54) is 14.2 Å². The van der Waals surface area contributed by atoms with Gasteiger partial charge in [-0.15, -0.1) is 0 Å². The van der Waals surface area contributed by atoms with Gasteiger partial charge >= 0.3 is 11.9 Å². The molecule has 0 atom stereocenters. The smallest absolute Gasteiger partial charge is 0.355 e. The van der Waals surface area contributed by atoms with E-state index in [-0.39, 0.29) is 11.4 Å². The zero-order valence-corrected chi connectivity index (χ0v) is 14.4. The van der Waals surface area contributed by atoms with Gasteiger partial charge < -0.3 is 19.2 Å². The summed E-state index contributed by atoms with van der Waals surface area (Å²) in [6, 6.07) is 7.16. The Morgan fingerprint density at radius 3 is 2.00 bits per heavy atom. The third-order valence-electron chi connectivity index (χ3n) is 3.10. The summed E-state index contributed by atoms with van der Waals surface area (Å²) >= 11 is 2.00. The minimum atomic E-state index is -0.557. The van der Waals surface area contributed by atoms with Gasteiger partial charge in [0.15, 0.2) is 0 Å². The molecule has 6 nitrogen and oxygen atoms in total. The van der Waals surface area contributed by atoms with Crippen LogP contribution in [-0.2, 0) is 9.47 Å². The normalized spacial score (nSPS) is 10.2. The Labute approximate surface area is 140 Å². The summed E-state index contributed by atoms with van der Waals surface area (Å²) in [5.41, 5.74) is 1.78. The van der Waals surface area contributed by atoms with Crippen LogP contribution >= 0.6 is 22.6 Å². The van der Waals surface area contributed by atoms with E-state index < -0.39 is 11.9 Å². The lowest BCUT2D eigenvalue weighted by Crippen LogP contribution is -2.06. The van der Waals surface area contributed by atoms with Crippen molar-refractivity contribution in [2.24, 2.45) is 0 Å². The molecule has 0 spiro atoms. The molecule has 2 aromatic rings. The average Bonchev–Trinajstić information content (AvgIpc) is 2.90. The number of aromatic nitrogens is 1. The number of nitrogens with one attached hydrogen (secondary N) is 1. The van der Waals surface area contributed by atoms with E-state index in [2.05, 4.69) is 4.98 Å². The minimum Gasteiger partial charge on any atom is -0.497 e. The molecule has 22 heavy (non-hydrogen) atoms. The van der Waals surface area contributed by atoms with Crippen LogP contribution in [0, 0.1) is 3.57 Å². The van der Waals surface area contributed by atoms with Crippen LogP contribution in [-0.4, -0.2) is 38.3 Å². The zero-order chi connectivity index (χ0) is 16.3. The molecule has 7 heteroatoms. The van der Waals surface area contributed by atoms with Crippen molar-refractivity contribution in [3.63, 3.8) is 0 Å². The van der Waals surface area contributed by atoms with Crippen molar-refractivity contribution in [2.45, 2.75) is 0 Å². The number of H-pyrrole nitrogens is 1. The third kappa shape index (κ3) is 2.94. The maximum Gasteiger partial charge on any atom is 0.355 e. The van der Waals surface area contributed by atoms with Crippen LogP contribution in [0.1, 0.15) is 21.0 Å². The monoisotopic (exact) mass is 415 g/mol. The van der Waals surface area contributed by atoms with Crippen molar-refractivity contribution in [1.29, 1.82) is 0 Å². The molecule has 0 unspecified atom stereocenters. The highest BCUT2D eigenvalue weighted by Gasteiger charge is 2.26. The molecule has 0 fully saturated rings. The highest BCUT2D eigenvalue weighted by Crippen LogP contribution is 2.33. The number of hydrogen-bond donors (Lipinski definition) is 1. The van der Waals surface area contributed by atoms with E-state index in [1.807, 2.05) is 22.6 Å². The Hall–Kier alpha value is -2.03. The van der Waals surface area contributed by atoms with Crippen LogP contribution in [0.4, 0.5) is 0 Å². The number of esters is 2. The number of carbonyl (C=O) groups is 2. The molecule has 2 rings (SSSR count). The van der Waals surface area contributed by atoms with Crippen LogP contribution in [0.5, 0.6) is 5.75 Å². The van der Waals surface area contributed by atoms with Gasteiger partial charge in [0.1, 0.15) is 17.1 Å². The summed E-state index contributed by atoms with van der Waals surface area (Å²) in [7, 11) is 4.14. The molecule has 0 aliphatic heterocycles. The Morgan fingerprint density at radius 1 is 0.955 bits per heavy atom. The zero-order valence-electron chi connectivity index (χ0n) is 12.2. The van der Waals surface area contributed by atoms with Crippen molar-refractivity contribution < 1.29 is 23.8 Å². The van der Waals surface area contributed by atoms with Gasteiger partial charge in [-0.1, -0.05) is 12.1 Å². The number of methoxy groups -OCH3 is 3. The fraction of sp³-hybridized carbons (Fsp3) is 0.200. The quantitative estimate of drug-likeness (QED) is 0.614. The van der Waals surface area contributed by atoms with Crippen LogP contribution in [0.15, 0.2) is 24.3 Å². The second-order valence-electron chi connectivity index (χ2n) is 4.28. The lowest BCUT2D eigenvalue weighted by atomic mass is 10.1. The fourth-order valence-electron chi connectivity index (χ4n) is 2.00. The first-order valence-electron chi connectivity index (χ1n) is 6.26. The Bertz CT molecular complexity index is 705. The summed E-state index contributed by atoms with van der Waals surface area (Å²) in [5, 5.41) is 0. The topological polar surface area (TPSA) is 77.6 Å². The van der Waals surface area contributed by atoms with Crippen molar-refractivity contribution in [1.82, 2.24) is 4.98 Å². The van der Waals surface area contributed by atoms with E-state index in [9.17, 15) is 9.59 Å². The molecule has 0 bridgehead atoms. The van der Waals surface area contributed by atoms with Gasteiger partial charge in [0.25, 0.3) is 0 Å². The lowest BCUT2D eigenvalue weighted by Gasteiger charge is -2.05. The highest BCUT2D eigenvalue weighted by molar-refractivity contribution is 14.1. The van der Waals surface area contributed by atoms with Gasteiger partial charge in [-0.3, -0.25) is 0 Å². The van der Waals surface area contributed by atoms with Crippen molar-refractivity contribution in [3.05, 3.63) is 39.2 Å². The molecule has 0 aliphatic carbocycles. The second-order valence-corrected chi connectivity index (χ2v) is 5.35. The lowest BCUT2D eigenvalue weighted by molar-refractivity contribution is 0.0590. The standard InChI is InChI=1S/C15H14INO5/c1-20-9-6-4-8(5-7-9)10-11(16)13(15(19)22-3)17-12(10)14(18)21-2/h4-7,17H,1-3H3. The third-order valence-corrected chi connectivity index (χ3v) is 4.18. The van der Waals surface area contributed by atoms with E-state index in [0.717, 1.165) is 5.56 Å². The number of ether oxygens (including phenoxy) is 3. The van der Waals surface area contributed by atoms with E-state index in [1.54, 1.807) is 31.4 Å². The van der Waals surface area contributed by atoms with Gasteiger partial charge in [0.2, 0.25) is 0 Å². The molecular formula is C15H14INO5. The van der Waals surface area contributed by atoms with Gasteiger partial charge in [-0.2, -0.15) is 0 Å². The number of aromatic amines is 1. The summed E-state index contributed by atoms with van der Waals surface area (Å²) in [4.78, 5) is 26.6. The minimum absolute atomic E-state index is 0.206. The maximum atomic E-state index is 12.0. The molecule has 1 aromatic carbocycles. The SMILES string of the molecule is COC(=O)c1[nH]c(C(=O)OC)c(-c2ccc(OC)cc2)c1I. The molecule has 116 valence electrons. The number of halogens is 1. The number of rotatable bonds is 4. The molecule has 0 saturated carbocycles. The predicted octanol–water partition coefficient (Wildman–Crippen LogP) is 2.87. The molecular weight excluding hydrogens is 401 g/mol. The van der Waals surface area contributed by atoms with E-state index in [0.29, 0.717) is 14.9 Å². The summed E-state index contributed by atoms with van der Waals surface area (Å²) in [5.74, 6) is -0.407. The van der Waals surface area contributed by atoms with Crippen LogP contribution in [0.3, 0.4) is 0 Å². The van der Waals surface area contributed by atoms with E-state index in [4.69, 9.17) is 14.2 Å². The Kier molecular flexibility index (Phi) is 5.07. The molecule has 1 N–H and O–H groups in total. The molecule has 0 amide bonds. The van der Waals surface area contributed by atoms with Gasteiger partial charge in [0, 0.05) is 5.56 Å². The first-order valence-corrected chi connectivity index (χ1v) is 7.33. The first-order chi connectivity index (χ1) is 10.5. The fourth-order valence-corrected chi connectivity index (χ4v) is 2.94. The number of benzene rings is 1. The number of hydrogen-bond acceptors (Lipinski definition) is 5. The second kappa shape index (κ2) is 6.82. The first kappa shape index (κ1) is 16.3.